The third-order valence-electron chi connectivity index (χ3n) is 2.25. The van der Waals surface area contributed by atoms with E-state index in [1.54, 1.807) is 0 Å². The predicted molar refractivity (Wildman–Crippen MR) is 50.0 cm³/mol. The van der Waals surface area contributed by atoms with E-state index in [2.05, 4.69) is 31.4 Å². The molecule has 56 valence electrons. The van der Waals surface area contributed by atoms with Gasteiger partial charge in [-0.2, -0.15) is 0 Å². The number of hydrogen-bond donors (Lipinski definition) is 1. The van der Waals surface area contributed by atoms with E-state index in [0.29, 0.717) is 0 Å². The maximum atomic E-state index is 3.36. The van der Waals surface area contributed by atoms with Gasteiger partial charge in [-0.3, -0.25) is 0 Å². The Bertz CT molecular complexity index is 270. The van der Waals surface area contributed by atoms with Crippen LogP contribution in [0.25, 0.3) is 0 Å². The van der Waals surface area contributed by atoms with Crippen LogP contribution in [0.1, 0.15) is 11.1 Å². The normalized spacial score (nSPS) is 16.0. The van der Waals surface area contributed by atoms with Crippen LogP contribution in [0, 0.1) is 0 Å². The Hall–Kier alpha value is -0.755. The minimum atomic E-state index is 1.05. The highest BCUT2D eigenvalue weighted by Crippen LogP contribution is 2.10. The second-order valence-electron chi connectivity index (χ2n) is 3.20. The molecule has 2 heteroatoms. The van der Waals surface area contributed by atoms with Crippen molar-refractivity contribution in [2.45, 2.75) is 13.0 Å². The van der Waals surface area contributed by atoms with Crippen molar-refractivity contribution in [3.63, 3.8) is 0 Å². The van der Waals surface area contributed by atoms with Crippen molar-refractivity contribution in [2.24, 2.45) is 0 Å². The second-order valence-corrected chi connectivity index (χ2v) is 3.20. The molecule has 0 unspecified atom stereocenters. The van der Waals surface area contributed by atoms with E-state index in [-0.39, 0.29) is 0 Å². The van der Waals surface area contributed by atoms with Gasteiger partial charge in [0.15, 0.2) is 0 Å². The van der Waals surface area contributed by atoms with E-state index >= 15 is 0 Å². The fraction of sp³-hybridized carbons (Fsp3) is 0.333. The van der Waals surface area contributed by atoms with Gasteiger partial charge in [-0.1, -0.05) is 23.7 Å². The first-order valence-electron chi connectivity index (χ1n) is 4.15. The van der Waals surface area contributed by atoms with Crippen molar-refractivity contribution in [2.75, 3.05) is 6.54 Å². The number of benzene rings is 1. The average molecular weight is 145 g/mol. The van der Waals surface area contributed by atoms with Gasteiger partial charge < -0.3 is 5.32 Å². The molecule has 0 amide bonds. The van der Waals surface area contributed by atoms with Crippen LogP contribution >= 0.6 is 0 Å². The number of fused-ring (bicyclic) bond motifs is 1. The van der Waals surface area contributed by atoms with Crippen molar-refractivity contribution in [1.82, 2.24) is 5.32 Å². The molecule has 1 heterocycles. The fourth-order valence-corrected chi connectivity index (χ4v) is 1.61. The van der Waals surface area contributed by atoms with Crippen LogP contribution in [-0.4, -0.2) is 14.4 Å². The zero-order chi connectivity index (χ0) is 7.68. The molecule has 1 aromatic carbocycles. The lowest BCUT2D eigenvalue weighted by Gasteiger charge is -2.16. The maximum Gasteiger partial charge on any atom is 0.139 e. The number of hydrogen-bond acceptors (Lipinski definition) is 1. The van der Waals surface area contributed by atoms with E-state index in [1.165, 1.54) is 23.0 Å². The Labute approximate surface area is 68.2 Å². The first kappa shape index (κ1) is 6.92. The zero-order valence-electron chi connectivity index (χ0n) is 6.85. The smallest absolute Gasteiger partial charge is 0.139 e. The van der Waals surface area contributed by atoms with Gasteiger partial charge in [-0.25, -0.2) is 0 Å². The Kier molecular flexibility index (Phi) is 1.70. The minimum Gasteiger partial charge on any atom is -0.312 e. The van der Waals surface area contributed by atoms with Crippen LogP contribution in [0.4, 0.5) is 0 Å². The molecular weight excluding hydrogens is 133 g/mol. The average Bonchev–Trinajstić information content (AvgIpc) is 2.04. The van der Waals surface area contributed by atoms with Crippen LogP contribution < -0.4 is 10.8 Å². The summed E-state index contributed by atoms with van der Waals surface area (Å²) >= 11 is 0. The molecule has 11 heavy (non-hydrogen) atoms. The van der Waals surface area contributed by atoms with Crippen molar-refractivity contribution >= 4 is 13.3 Å². The van der Waals surface area contributed by atoms with Crippen LogP contribution in [0.5, 0.6) is 0 Å². The van der Waals surface area contributed by atoms with Crippen LogP contribution in [0.2, 0.25) is 0 Å². The molecule has 0 radical (unpaired) electrons. The number of rotatable bonds is 0. The lowest BCUT2D eigenvalue weighted by molar-refractivity contribution is 0.644. The molecule has 0 fully saturated rings. The molecule has 1 nitrogen and oxygen atoms in total. The standard InChI is InChI=1S/C9H12BN/c10-9-2-1-8-6-11-4-3-7(8)5-9/h1-2,5,11H,3-4,6,10H2. The van der Waals surface area contributed by atoms with Gasteiger partial charge >= 0.3 is 0 Å². The Morgan fingerprint density at radius 2 is 2.18 bits per heavy atom. The minimum absolute atomic E-state index is 1.05. The van der Waals surface area contributed by atoms with Crippen molar-refractivity contribution in [3.8, 4) is 0 Å². The van der Waals surface area contributed by atoms with Gasteiger partial charge in [0.2, 0.25) is 0 Å². The SMILES string of the molecule is Bc1ccc2c(c1)CCNC2. The highest BCUT2D eigenvalue weighted by atomic mass is 14.9. The van der Waals surface area contributed by atoms with Crippen LogP contribution in [0.3, 0.4) is 0 Å². The monoisotopic (exact) mass is 145 g/mol. The van der Waals surface area contributed by atoms with E-state index in [0.717, 1.165) is 13.1 Å². The summed E-state index contributed by atoms with van der Waals surface area (Å²) in [4.78, 5) is 0. The van der Waals surface area contributed by atoms with Crippen LogP contribution in [-0.2, 0) is 13.0 Å². The van der Waals surface area contributed by atoms with E-state index < -0.39 is 0 Å². The van der Waals surface area contributed by atoms with E-state index in [9.17, 15) is 0 Å². The predicted octanol–water partition coefficient (Wildman–Crippen LogP) is -0.409. The van der Waals surface area contributed by atoms with Gasteiger partial charge in [0.05, 0.1) is 0 Å². The molecule has 1 aliphatic heterocycles. The van der Waals surface area contributed by atoms with Crippen molar-refractivity contribution < 1.29 is 0 Å². The fourth-order valence-electron chi connectivity index (χ4n) is 1.61. The van der Waals surface area contributed by atoms with Crippen molar-refractivity contribution in [1.29, 1.82) is 0 Å². The lowest BCUT2D eigenvalue weighted by atomic mass is 9.90. The Morgan fingerprint density at radius 3 is 3.09 bits per heavy atom. The molecule has 1 N–H and O–H groups in total. The molecule has 0 atom stereocenters. The molecule has 1 aliphatic rings. The Morgan fingerprint density at radius 1 is 1.27 bits per heavy atom. The third kappa shape index (κ3) is 1.31. The summed E-state index contributed by atoms with van der Waals surface area (Å²) in [5.41, 5.74) is 4.39. The summed E-state index contributed by atoms with van der Waals surface area (Å²) in [6.07, 6.45) is 1.19. The molecule has 0 aromatic heterocycles. The maximum absolute atomic E-state index is 3.36. The first-order valence-corrected chi connectivity index (χ1v) is 4.15. The van der Waals surface area contributed by atoms with Crippen molar-refractivity contribution in [3.05, 3.63) is 29.3 Å². The molecule has 1 aromatic rings. The summed E-state index contributed by atoms with van der Waals surface area (Å²) in [5.74, 6) is 0. The highest BCUT2D eigenvalue weighted by molar-refractivity contribution is 6.32. The van der Waals surface area contributed by atoms with Gasteiger partial charge in [0, 0.05) is 6.54 Å². The van der Waals surface area contributed by atoms with Gasteiger partial charge in [0.25, 0.3) is 0 Å². The van der Waals surface area contributed by atoms with Crippen LogP contribution in [0.15, 0.2) is 18.2 Å². The summed E-state index contributed by atoms with van der Waals surface area (Å²) in [7, 11) is 2.16. The second kappa shape index (κ2) is 2.70. The van der Waals surface area contributed by atoms with Gasteiger partial charge in [-0.15, -0.1) is 0 Å². The Balaban J connectivity index is 2.43. The van der Waals surface area contributed by atoms with E-state index in [4.69, 9.17) is 0 Å². The largest absolute Gasteiger partial charge is 0.312 e. The summed E-state index contributed by atoms with van der Waals surface area (Å²) in [6, 6.07) is 6.72. The topological polar surface area (TPSA) is 12.0 Å². The zero-order valence-corrected chi connectivity index (χ0v) is 6.85. The highest BCUT2D eigenvalue weighted by Gasteiger charge is 2.06. The molecule has 0 bridgehead atoms. The molecule has 0 saturated carbocycles. The molecular formula is C9H12BN. The van der Waals surface area contributed by atoms with Gasteiger partial charge in [0.1, 0.15) is 7.85 Å². The lowest BCUT2D eigenvalue weighted by Crippen LogP contribution is -2.24. The summed E-state index contributed by atoms with van der Waals surface area (Å²) in [5, 5.41) is 3.36. The van der Waals surface area contributed by atoms with Gasteiger partial charge in [-0.05, 0) is 24.1 Å². The third-order valence-corrected chi connectivity index (χ3v) is 2.25. The van der Waals surface area contributed by atoms with E-state index in [1.807, 2.05) is 0 Å². The molecule has 0 saturated heterocycles. The molecule has 0 spiro atoms. The first-order chi connectivity index (χ1) is 5.36. The number of nitrogens with one attached hydrogen (secondary N) is 1. The quantitative estimate of drug-likeness (QED) is 0.489. The molecule has 2 rings (SSSR count). The summed E-state index contributed by atoms with van der Waals surface area (Å²) < 4.78 is 0. The summed E-state index contributed by atoms with van der Waals surface area (Å²) in [6.45, 7) is 2.19. The molecule has 0 aliphatic carbocycles.